The van der Waals surface area contributed by atoms with E-state index in [9.17, 15) is 9.90 Å². The van der Waals surface area contributed by atoms with Crippen molar-refractivity contribution in [3.8, 4) is 0 Å². The standard InChI is InChI=1S/C9H14N4O3S/c10-8-11-4-13(9(16)12-8)1-5-3-17-6(2-14)7(5)15/h4-7,14-15H,1-3H2,(H2,10,12,16)/t5?,6-,7?/m1/s1. The van der Waals surface area contributed by atoms with Crippen LogP contribution in [0.2, 0.25) is 0 Å². The minimum absolute atomic E-state index is 0.0548. The van der Waals surface area contributed by atoms with Crippen LogP contribution in [-0.2, 0) is 6.54 Å². The number of nitrogen functional groups attached to an aromatic ring is 1. The molecule has 1 aliphatic heterocycles. The Hall–Kier alpha value is -1.12. The quantitative estimate of drug-likeness (QED) is 0.592. The van der Waals surface area contributed by atoms with Gasteiger partial charge in [0.1, 0.15) is 6.33 Å². The Morgan fingerprint density at radius 2 is 2.41 bits per heavy atom. The molecule has 17 heavy (non-hydrogen) atoms. The third-order valence-corrected chi connectivity index (χ3v) is 4.26. The first kappa shape index (κ1) is 12.3. The molecule has 1 aromatic heterocycles. The van der Waals surface area contributed by atoms with Gasteiger partial charge in [-0.15, -0.1) is 0 Å². The molecule has 7 nitrogen and oxygen atoms in total. The van der Waals surface area contributed by atoms with Crippen LogP contribution in [0.3, 0.4) is 0 Å². The Morgan fingerprint density at radius 3 is 3.00 bits per heavy atom. The van der Waals surface area contributed by atoms with Crippen molar-refractivity contribution in [1.82, 2.24) is 14.5 Å². The molecule has 0 aliphatic carbocycles. The van der Waals surface area contributed by atoms with E-state index in [0.717, 1.165) is 0 Å². The molecule has 94 valence electrons. The zero-order valence-corrected chi connectivity index (χ0v) is 9.88. The molecule has 3 atom stereocenters. The number of thioether (sulfide) groups is 1. The second-order valence-corrected chi connectivity index (χ2v) is 5.23. The zero-order chi connectivity index (χ0) is 12.4. The highest BCUT2D eigenvalue weighted by molar-refractivity contribution is 8.00. The summed E-state index contributed by atoms with van der Waals surface area (Å²) in [5.74, 6) is 0.561. The van der Waals surface area contributed by atoms with Crippen LogP contribution in [-0.4, -0.2) is 48.5 Å². The van der Waals surface area contributed by atoms with E-state index in [-0.39, 0.29) is 23.7 Å². The molecule has 2 heterocycles. The number of nitrogens with zero attached hydrogens (tertiary/aromatic N) is 3. The van der Waals surface area contributed by atoms with Crippen LogP contribution in [0, 0.1) is 5.92 Å². The number of aromatic nitrogens is 3. The van der Waals surface area contributed by atoms with Gasteiger partial charge in [-0.1, -0.05) is 0 Å². The molecule has 2 unspecified atom stereocenters. The fraction of sp³-hybridized carbons (Fsp3) is 0.667. The second-order valence-electron chi connectivity index (χ2n) is 3.95. The third kappa shape index (κ3) is 2.59. The Kier molecular flexibility index (Phi) is 3.65. The fourth-order valence-corrected chi connectivity index (χ4v) is 3.14. The van der Waals surface area contributed by atoms with Gasteiger partial charge in [-0.05, 0) is 0 Å². The number of nitrogens with two attached hydrogens (primary N) is 1. The molecule has 1 saturated heterocycles. The second kappa shape index (κ2) is 5.03. The van der Waals surface area contributed by atoms with Crippen LogP contribution >= 0.6 is 11.8 Å². The lowest BCUT2D eigenvalue weighted by Crippen LogP contribution is -2.34. The largest absolute Gasteiger partial charge is 0.395 e. The first-order valence-corrected chi connectivity index (χ1v) is 6.26. The van der Waals surface area contributed by atoms with Crippen LogP contribution in [0.4, 0.5) is 5.95 Å². The van der Waals surface area contributed by atoms with E-state index in [1.54, 1.807) is 0 Å². The van der Waals surface area contributed by atoms with Gasteiger partial charge in [0.05, 0.1) is 18.0 Å². The lowest BCUT2D eigenvalue weighted by atomic mass is 10.0. The molecule has 8 heteroatoms. The average molecular weight is 258 g/mol. The van der Waals surface area contributed by atoms with Gasteiger partial charge in [-0.2, -0.15) is 16.7 Å². The summed E-state index contributed by atoms with van der Waals surface area (Å²) in [6.07, 6.45) is 0.711. The molecule has 1 aliphatic rings. The van der Waals surface area contributed by atoms with Crippen LogP contribution in [0.15, 0.2) is 11.1 Å². The molecular weight excluding hydrogens is 244 g/mol. The number of aliphatic hydroxyl groups is 2. The molecule has 0 aromatic carbocycles. The lowest BCUT2D eigenvalue weighted by Gasteiger charge is -2.17. The van der Waals surface area contributed by atoms with Crippen LogP contribution in [0.1, 0.15) is 0 Å². The minimum atomic E-state index is -0.616. The monoisotopic (exact) mass is 258 g/mol. The Morgan fingerprint density at radius 1 is 1.65 bits per heavy atom. The summed E-state index contributed by atoms with van der Waals surface area (Å²) in [6.45, 7) is 0.277. The van der Waals surface area contributed by atoms with Gasteiger partial charge in [0.25, 0.3) is 0 Å². The van der Waals surface area contributed by atoms with E-state index in [0.29, 0.717) is 12.3 Å². The van der Waals surface area contributed by atoms with Crippen molar-refractivity contribution in [3.63, 3.8) is 0 Å². The Labute approximate surface area is 102 Å². The predicted octanol–water partition coefficient (Wildman–Crippen LogP) is -1.69. The fourth-order valence-electron chi connectivity index (χ4n) is 1.82. The van der Waals surface area contributed by atoms with Gasteiger partial charge in [0.2, 0.25) is 5.95 Å². The topological polar surface area (TPSA) is 114 Å². The highest BCUT2D eigenvalue weighted by Crippen LogP contribution is 2.32. The highest BCUT2D eigenvalue weighted by atomic mass is 32.2. The van der Waals surface area contributed by atoms with Crippen molar-refractivity contribution in [1.29, 1.82) is 0 Å². The summed E-state index contributed by atoms with van der Waals surface area (Å²) in [5, 5.41) is 18.7. The van der Waals surface area contributed by atoms with Crippen molar-refractivity contribution in [2.24, 2.45) is 5.92 Å². The molecule has 4 N–H and O–H groups in total. The van der Waals surface area contributed by atoms with Crippen molar-refractivity contribution in [2.45, 2.75) is 17.9 Å². The smallest absolute Gasteiger partial charge is 0.352 e. The summed E-state index contributed by atoms with van der Waals surface area (Å²) < 4.78 is 1.32. The Balaban J connectivity index is 2.09. The average Bonchev–Trinajstić information content (AvgIpc) is 2.64. The number of hydrogen-bond donors (Lipinski definition) is 3. The molecule has 1 aromatic rings. The number of aliphatic hydroxyl groups excluding tert-OH is 2. The SMILES string of the molecule is Nc1ncn(CC2CS[C@H](CO)C2O)c(=O)n1. The van der Waals surface area contributed by atoms with Gasteiger partial charge >= 0.3 is 5.69 Å². The van der Waals surface area contributed by atoms with E-state index in [2.05, 4.69) is 9.97 Å². The number of rotatable bonds is 3. The maximum absolute atomic E-state index is 11.5. The van der Waals surface area contributed by atoms with Crippen LogP contribution in [0.25, 0.3) is 0 Å². The predicted molar refractivity (Wildman–Crippen MR) is 63.5 cm³/mol. The van der Waals surface area contributed by atoms with Crippen molar-refractivity contribution in [3.05, 3.63) is 16.8 Å². The van der Waals surface area contributed by atoms with Crippen molar-refractivity contribution < 1.29 is 10.2 Å². The zero-order valence-electron chi connectivity index (χ0n) is 9.06. The van der Waals surface area contributed by atoms with Gasteiger partial charge in [0, 0.05) is 18.2 Å². The van der Waals surface area contributed by atoms with Crippen molar-refractivity contribution in [2.75, 3.05) is 18.1 Å². The van der Waals surface area contributed by atoms with E-state index in [4.69, 9.17) is 10.8 Å². The molecule has 2 rings (SSSR count). The first-order valence-electron chi connectivity index (χ1n) is 5.21. The molecule has 0 amide bonds. The normalized spacial score (nSPS) is 28.5. The Bertz CT molecular complexity index is 452. The van der Waals surface area contributed by atoms with Crippen LogP contribution in [0.5, 0.6) is 0 Å². The molecule has 0 spiro atoms. The van der Waals surface area contributed by atoms with E-state index in [1.807, 2.05) is 0 Å². The highest BCUT2D eigenvalue weighted by Gasteiger charge is 2.35. The molecule has 0 saturated carbocycles. The van der Waals surface area contributed by atoms with Crippen molar-refractivity contribution >= 4 is 17.7 Å². The van der Waals surface area contributed by atoms with E-state index < -0.39 is 11.8 Å². The number of hydrogen-bond acceptors (Lipinski definition) is 7. The summed E-state index contributed by atoms with van der Waals surface area (Å²) in [6, 6.07) is 0. The first-order chi connectivity index (χ1) is 8.11. The molecule has 0 bridgehead atoms. The minimum Gasteiger partial charge on any atom is -0.395 e. The summed E-state index contributed by atoms with van der Waals surface area (Å²) >= 11 is 1.51. The molecule has 0 radical (unpaired) electrons. The van der Waals surface area contributed by atoms with Gasteiger partial charge in [-0.25, -0.2) is 9.78 Å². The number of anilines is 1. The summed E-state index contributed by atoms with van der Waals surface area (Å²) in [5.41, 5.74) is 4.81. The van der Waals surface area contributed by atoms with Gasteiger partial charge in [-0.3, -0.25) is 4.57 Å². The van der Waals surface area contributed by atoms with E-state index >= 15 is 0 Å². The van der Waals surface area contributed by atoms with Gasteiger partial charge in [0.15, 0.2) is 0 Å². The summed E-state index contributed by atoms with van der Waals surface area (Å²) in [7, 11) is 0. The molecular formula is C9H14N4O3S. The third-order valence-electron chi connectivity index (χ3n) is 2.78. The van der Waals surface area contributed by atoms with Crippen LogP contribution < -0.4 is 11.4 Å². The molecule has 1 fully saturated rings. The van der Waals surface area contributed by atoms with Gasteiger partial charge < -0.3 is 15.9 Å². The lowest BCUT2D eigenvalue weighted by molar-refractivity contribution is 0.0958. The maximum Gasteiger partial charge on any atom is 0.352 e. The maximum atomic E-state index is 11.5. The summed E-state index contributed by atoms with van der Waals surface area (Å²) in [4.78, 5) is 18.7. The van der Waals surface area contributed by atoms with E-state index in [1.165, 1.54) is 22.7 Å².